The zero-order chi connectivity index (χ0) is 27.1. The van der Waals surface area contributed by atoms with Crippen LogP contribution in [0.5, 0.6) is 17.2 Å². The topological polar surface area (TPSA) is 175 Å². The van der Waals surface area contributed by atoms with E-state index in [0.717, 1.165) is 18.2 Å². The average molecular weight is 571 g/mol. The van der Waals surface area contributed by atoms with E-state index >= 15 is 0 Å². The lowest BCUT2D eigenvalue weighted by molar-refractivity contribution is -0.394. The number of hydrazone groups is 1. The van der Waals surface area contributed by atoms with E-state index in [1.807, 2.05) is 0 Å². The van der Waals surface area contributed by atoms with Crippen LogP contribution in [-0.4, -0.2) is 35.3 Å². The number of halogens is 1. The zero-order valence-corrected chi connectivity index (χ0v) is 21.3. The van der Waals surface area contributed by atoms with Crippen molar-refractivity contribution in [3.05, 3.63) is 83.5 Å². The molecule has 0 saturated carbocycles. The fraction of sp³-hybridized carbons (Fsp3) is 0.174. The molecule has 0 aliphatic carbocycles. The largest absolute Gasteiger partial charge is 0.493 e. The molecule has 2 aromatic carbocycles. The molecule has 3 rings (SSSR count). The highest BCUT2D eigenvalue weighted by Crippen LogP contribution is 2.42. The lowest BCUT2D eigenvalue weighted by atomic mass is 10.1. The molecule has 0 spiro atoms. The van der Waals surface area contributed by atoms with E-state index in [2.05, 4.69) is 37.5 Å². The van der Waals surface area contributed by atoms with Crippen molar-refractivity contribution in [1.29, 1.82) is 5.26 Å². The lowest BCUT2D eigenvalue weighted by Gasteiger charge is -2.13. The van der Waals surface area contributed by atoms with Crippen molar-refractivity contribution in [2.45, 2.75) is 13.5 Å². The monoisotopic (exact) mass is 570 g/mol. The number of hydrogen-bond acceptors (Lipinski definition) is 11. The Morgan fingerprint density at radius 2 is 1.92 bits per heavy atom. The fourth-order valence-electron chi connectivity index (χ4n) is 3.26. The first-order valence-electron chi connectivity index (χ1n) is 10.3. The number of non-ortho nitro benzene ring substituents is 1. The number of nitriles is 1. The maximum Gasteiger partial charge on any atom is 0.318 e. The van der Waals surface area contributed by atoms with Crippen molar-refractivity contribution in [2.75, 3.05) is 19.6 Å². The van der Waals surface area contributed by atoms with E-state index < -0.39 is 21.2 Å². The predicted molar refractivity (Wildman–Crippen MR) is 136 cm³/mol. The van der Waals surface area contributed by atoms with Crippen molar-refractivity contribution in [2.24, 2.45) is 5.10 Å². The molecule has 0 saturated heterocycles. The van der Waals surface area contributed by atoms with Gasteiger partial charge in [0.2, 0.25) is 5.75 Å². The highest BCUT2D eigenvalue weighted by atomic mass is 79.9. The van der Waals surface area contributed by atoms with Gasteiger partial charge in [0.05, 0.1) is 40.3 Å². The SMILES string of the molecule is COCc1cc(C)nc(NN=Cc2cc(Br)c(Oc3ccc([N+](=O)[O-])cc3[N+](=O)[O-])c(OC)c2)c1C#N. The van der Waals surface area contributed by atoms with E-state index in [-0.39, 0.29) is 29.7 Å². The Balaban J connectivity index is 1.90. The molecule has 0 atom stereocenters. The third kappa shape index (κ3) is 6.34. The molecule has 37 heavy (non-hydrogen) atoms. The summed E-state index contributed by atoms with van der Waals surface area (Å²) in [6.07, 6.45) is 1.45. The highest BCUT2D eigenvalue weighted by Gasteiger charge is 2.23. The number of methoxy groups -OCH3 is 2. The van der Waals surface area contributed by atoms with E-state index in [1.54, 1.807) is 25.1 Å². The van der Waals surface area contributed by atoms with Crippen molar-refractivity contribution in [1.82, 2.24) is 4.98 Å². The third-order valence-electron chi connectivity index (χ3n) is 4.84. The minimum Gasteiger partial charge on any atom is -0.493 e. The second-order valence-corrected chi connectivity index (χ2v) is 8.22. The fourth-order valence-corrected chi connectivity index (χ4v) is 3.80. The van der Waals surface area contributed by atoms with Gasteiger partial charge in [-0.25, -0.2) is 4.98 Å². The predicted octanol–water partition coefficient (Wildman–Crippen LogP) is 5.23. The van der Waals surface area contributed by atoms with Gasteiger partial charge in [0.25, 0.3) is 5.69 Å². The summed E-state index contributed by atoms with van der Waals surface area (Å²) in [6.45, 7) is 2.02. The van der Waals surface area contributed by atoms with Crippen LogP contribution in [0.15, 0.2) is 46.0 Å². The van der Waals surface area contributed by atoms with Crippen LogP contribution in [0.2, 0.25) is 0 Å². The Kier molecular flexibility index (Phi) is 8.67. The van der Waals surface area contributed by atoms with Gasteiger partial charge in [0.1, 0.15) is 11.6 Å². The second kappa shape index (κ2) is 11.9. The zero-order valence-electron chi connectivity index (χ0n) is 19.7. The first kappa shape index (κ1) is 27.0. The van der Waals surface area contributed by atoms with Gasteiger partial charge in [-0.1, -0.05) is 0 Å². The Morgan fingerprint density at radius 3 is 2.54 bits per heavy atom. The van der Waals surface area contributed by atoms with Crippen LogP contribution in [0.25, 0.3) is 0 Å². The molecule has 3 aromatic rings. The van der Waals surface area contributed by atoms with Gasteiger partial charge in [0, 0.05) is 24.4 Å². The Morgan fingerprint density at radius 1 is 1.16 bits per heavy atom. The number of aryl methyl sites for hydroxylation is 1. The van der Waals surface area contributed by atoms with Crippen LogP contribution in [0.3, 0.4) is 0 Å². The summed E-state index contributed by atoms with van der Waals surface area (Å²) in [5.74, 6) is 0.375. The van der Waals surface area contributed by atoms with Crippen LogP contribution in [-0.2, 0) is 11.3 Å². The quantitative estimate of drug-likeness (QED) is 0.193. The average Bonchev–Trinajstić information content (AvgIpc) is 2.85. The maximum atomic E-state index is 11.4. The molecule has 0 amide bonds. The lowest BCUT2D eigenvalue weighted by Crippen LogP contribution is -2.03. The van der Waals surface area contributed by atoms with Gasteiger partial charge in [0.15, 0.2) is 17.3 Å². The number of nitrogens with one attached hydrogen (secondary N) is 1. The summed E-state index contributed by atoms with van der Waals surface area (Å²) < 4.78 is 16.6. The molecule has 1 N–H and O–H groups in total. The Bertz CT molecular complexity index is 1440. The summed E-state index contributed by atoms with van der Waals surface area (Å²) in [5.41, 5.74) is 3.93. The van der Waals surface area contributed by atoms with Crippen LogP contribution in [0, 0.1) is 38.5 Å². The molecular formula is C23H19BrN6O7. The number of rotatable bonds is 10. The molecule has 0 aliphatic rings. The third-order valence-corrected chi connectivity index (χ3v) is 5.43. The minimum atomic E-state index is -0.776. The van der Waals surface area contributed by atoms with Gasteiger partial charge >= 0.3 is 5.69 Å². The van der Waals surface area contributed by atoms with Crippen LogP contribution < -0.4 is 14.9 Å². The normalized spacial score (nSPS) is 10.7. The number of pyridine rings is 1. The summed E-state index contributed by atoms with van der Waals surface area (Å²) in [6, 6.07) is 10.1. The molecule has 14 heteroatoms. The highest BCUT2D eigenvalue weighted by molar-refractivity contribution is 9.10. The number of nitrogens with zero attached hydrogens (tertiary/aromatic N) is 5. The maximum absolute atomic E-state index is 11.4. The number of hydrogen-bond donors (Lipinski definition) is 1. The minimum absolute atomic E-state index is 0.112. The molecule has 1 heterocycles. The van der Waals surface area contributed by atoms with Crippen LogP contribution >= 0.6 is 15.9 Å². The number of benzene rings is 2. The molecule has 0 aliphatic heterocycles. The molecule has 0 radical (unpaired) electrons. The first-order chi connectivity index (χ1) is 17.7. The van der Waals surface area contributed by atoms with Gasteiger partial charge in [-0.05, 0) is 52.7 Å². The smallest absolute Gasteiger partial charge is 0.318 e. The molecule has 1 aromatic heterocycles. The van der Waals surface area contributed by atoms with Crippen LogP contribution in [0.4, 0.5) is 17.2 Å². The van der Waals surface area contributed by atoms with Gasteiger partial charge in [-0.3, -0.25) is 25.7 Å². The van der Waals surface area contributed by atoms with Gasteiger partial charge in [-0.2, -0.15) is 10.4 Å². The van der Waals surface area contributed by atoms with Crippen molar-refractivity contribution in [3.8, 4) is 23.3 Å². The molecular weight excluding hydrogens is 552 g/mol. The van der Waals surface area contributed by atoms with Crippen molar-refractivity contribution < 1.29 is 24.1 Å². The van der Waals surface area contributed by atoms with E-state index in [9.17, 15) is 25.5 Å². The Hall–Kier alpha value is -4.61. The summed E-state index contributed by atoms with van der Waals surface area (Å²) in [5, 5.41) is 36.1. The summed E-state index contributed by atoms with van der Waals surface area (Å²) >= 11 is 3.36. The van der Waals surface area contributed by atoms with Gasteiger partial charge < -0.3 is 14.2 Å². The van der Waals surface area contributed by atoms with E-state index in [1.165, 1.54) is 20.4 Å². The van der Waals surface area contributed by atoms with Crippen molar-refractivity contribution >= 4 is 39.3 Å². The number of aromatic nitrogens is 1. The summed E-state index contributed by atoms with van der Waals surface area (Å²) in [4.78, 5) is 25.2. The van der Waals surface area contributed by atoms with E-state index in [0.29, 0.717) is 26.9 Å². The molecule has 0 bridgehead atoms. The Labute approximate surface area is 218 Å². The second-order valence-electron chi connectivity index (χ2n) is 7.36. The molecule has 13 nitrogen and oxygen atoms in total. The molecule has 0 unspecified atom stereocenters. The van der Waals surface area contributed by atoms with Crippen molar-refractivity contribution in [3.63, 3.8) is 0 Å². The number of nitro benzene ring substituents is 2. The standard InChI is InChI=1S/C23H19BrN6O7/c1-13-6-15(12-35-2)17(10-25)23(27-13)28-26-11-14-7-18(24)22(21(8-14)36-3)37-20-5-4-16(29(31)32)9-19(20)30(33)34/h4-9,11H,12H2,1-3H3,(H,27,28). The first-order valence-corrected chi connectivity index (χ1v) is 11.1. The molecule has 190 valence electrons. The van der Waals surface area contributed by atoms with E-state index in [4.69, 9.17) is 14.2 Å². The number of anilines is 1. The summed E-state index contributed by atoms with van der Waals surface area (Å²) in [7, 11) is 2.91. The number of nitro groups is 2. The van der Waals surface area contributed by atoms with Crippen LogP contribution in [0.1, 0.15) is 22.4 Å². The molecule has 0 fully saturated rings. The number of ether oxygens (including phenoxy) is 3. The van der Waals surface area contributed by atoms with Gasteiger partial charge in [-0.15, -0.1) is 0 Å².